The third-order valence-corrected chi connectivity index (χ3v) is 6.79. The van der Waals surface area contributed by atoms with Crippen molar-refractivity contribution in [1.82, 2.24) is 15.8 Å². The molecule has 6 nitrogen and oxygen atoms in total. The van der Waals surface area contributed by atoms with Gasteiger partial charge in [0, 0.05) is 44.1 Å². The maximum Gasteiger partial charge on any atom is 0.243 e. The van der Waals surface area contributed by atoms with Crippen molar-refractivity contribution in [2.45, 2.75) is 70.2 Å². The van der Waals surface area contributed by atoms with Gasteiger partial charge in [0.25, 0.3) is 0 Å². The summed E-state index contributed by atoms with van der Waals surface area (Å²) in [7, 11) is 1.87. The molecule has 0 radical (unpaired) electrons. The van der Waals surface area contributed by atoms with Crippen LogP contribution in [0.25, 0.3) is 0 Å². The van der Waals surface area contributed by atoms with Crippen LogP contribution in [0, 0.1) is 5.41 Å². The molecular weight excluding hydrogens is 352 g/mol. The topological polar surface area (TPSA) is 79.6 Å². The summed E-state index contributed by atoms with van der Waals surface area (Å²) in [6.45, 7) is 7.44. The molecule has 0 bridgehead atoms. The minimum Gasteiger partial charge on any atom is -0.378 e. The van der Waals surface area contributed by atoms with Crippen molar-refractivity contribution < 1.29 is 9.53 Å². The van der Waals surface area contributed by atoms with Gasteiger partial charge in [-0.05, 0) is 31.7 Å². The van der Waals surface area contributed by atoms with Crippen molar-refractivity contribution in [2.24, 2.45) is 11.1 Å². The van der Waals surface area contributed by atoms with E-state index in [0.717, 1.165) is 25.8 Å². The lowest BCUT2D eigenvalue weighted by molar-refractivity contribution is -0.178. The Morgan fingerprint density at radius 3 is 2.64 bits per heavy atom. The minimum atomic E-state index is -0.826. The van der Waals surface area contributed by atoms with E-state index >= 15 is 0 Å². The number of hydrogen-bond donors (Lipinski definition) is 3. The van der Waals surface area contributed by atoms with E-state index in [1.54, 1.807) is 4.90 Å². The molecule has 1 aliphatic heterocycles. The molecule has 1 heterocycles. The molecule has 4 N–H and O–H groups in total. The van der Waals surface area contributed by atoms with E-state index in [1.807, 2.05) is 33.9 Å². The number of carbonyl (C=O) groups is 1. The quantitative estimate of drug-likeness (QED) is 0.637. The lowest BCUT2D eigenvalue weighted by atomic mass is 9.54. The van der Waals surface area contributed by atoms with Gasteiger partial charge in [0.1, 0.15) is 5.54 Å². The van der Waals surface area contributed by atoms with Crippen molar-refractivity contribution in [3.63, 3.8) is 0 Å². The lowest BCUT2D eigenvalue weighted by Gasteiger charge is -2.58. The molecule has 1 aliphatic carbocycles. The van der Waals surface area contributed by atoms with Gasteiger partial charge in [0.05, 0.1) is 6.10 Å². The Balaban J connectivity index is 1.44. The van der Waals surface area contributed by atoms with Gasteiger partial charge in [-0.25, -0.2) is 0 Å². The van der Waals surface area contributed by atoms with Crippen molar-refractivity contribution in [3.05, 3.63) is 35.9 Å². The van der Waals surface area contributed by atoms with Gasteiger partial charge in [0.15, 0.2) is 0 Å². The number of amides is 1. The molecule has 4 unspecified atom stereocenters. The van der Waals surface area contributed by atoms with E-state index in [1.165, 1.54) is 5.56 Å². The fourth-order valence-corrected chi connectivity index (χ4v) is 4.53. The van der Waals surface area contributed by atoms with Crippen molar-refractivity contribution >= 4 is 5.91 Å². The maximum atomic E-state index is 13.0. The van der Waals surface area contributed by atoms with Crippen LogP contribution >= 0.6 is 0 Å². The Morgan fingerprint density at radius 1 is 1.29 bits per heavy atom. The Morgan fingerprint density at radius 2 is 2.00 bits per heavy atom. The molecule has 28 heavy (non-hydrogen) atoms. The summed E-state index contributed by atoms with van der Waals surface area (Å²) in [5, 5.41) is 0. The van der Waals surface area contributed by atoms with Crippen LogP contribution in [0.5, 0.6) is 0 Å². The fraction of sp³-hybridized carbons (Fsp3) is 0.682. The summed E-state index contributed by atoms with van der Waals surface area (Å²) in [6.07, 6.45) is 3.70. The molecule has 4 atom stereocenters. The highest BCUT2D eigenvalue weighted by atomic mass is 16.5. The molecule has 2 aliphatic rings. The predicted molar refractivity (Wildman–Crippen MR) is 111 cm³/mol. The van der Waals surface area contributed by atoms with E-state index in [4.69, 9.17) is 10.5 Å². The minimum absolute atomic E-state index is 0.0353. The van der Waals surface area contributed by atoms with Crippen LogP contribution < -0.4 is 16.6 Å². The van der Waals surface area contributed by atoms with Gasteiger partial charge in [-0.3, -0.25) is 15.6 Å². The second-order valence-corrected chi connectivity index (χ2v) is 8.89. The van der Waals surface area contributed by atoms with Crippen LogP contribution in [0.15, 0.2) is 30.3 Å². The second kappa shape index (κ2) is 8.49. The van der Waals surface area contributed by atoms with Crippen LogP contribution in [0.3, 0.4) is 0 Å². The van der Waals surface area contributed by atoms with Crippen LogP contribution in [0.1, 0.15) is 58.1 Å². The number of nitrogens with two attached hydrogens (primary N) is 1. The third kappa shape index (κ3) is 3.96. The summed E-state index contributed by atoms with van der Waals surface area (Å²) >= 11 is 0. The molecule has 1 aromatic rings. The molecule has 6 heteroatoms. The number of ether oxygens (including phenoxy) is 1. The zero-order valence-corrected chi connectivity index (χ0v) is 17.7. The Hall–Kier alpha value is -1.47. The number of benzene rings is 1. The maximum absolute atomic E-state index is 13.0. The van der Waals surface area contributed by atoms with Crippen LogP contribution in [-0.4, -0.2) is 48.7 Å². The lowest BCUT2D eigenvalue weighted by Crippen LogP contribution is -2.75. The summed E-state index contributed by atoms with van der Waals surface area (Å²) in [5.74, 6) is 0.0353. The summed E-state index contributed by atoms with van der Waals surface area (Å²) < 4.78 is 5.75. The van der Waals surface area contributed by atoms with Crippen LogP contribution in [0.4, 0.5) is 0 Å². The number of nitrogens with one attached hydrogen (secondary N) is 2. The predicted octanol–water partition coefficient (Wildman–Crippen LogP) is 2.37. The molecule has 156 valence electrons. The largest absolute Gasteiger partial charge is 0.378 e. The fourth-order valence-electron chi connectivity index (χ4n) is 4.53. The SMILES string of the molecule is CCOC1CC(N)(C(=O)N(C)CCCC2CC(c3ccccc3)NN2)C1(C)C. The zero-order valence-electron chi connectivity index (χ0n) is 17.7. The first-order chi connectivity index (χ1) is 13.3. The van der Waals surface area contributed by atoms with Crippen LogP contribution in [-0.2, 0) is 9.53 Å². The van der Waals surface area contributed by atoms with E-state index in [9.17, 15) is 4.79 Å². The van der Waals surface area contributed by atoms with Crippen LogP contribution in [0.2, 0.25) is 0 Å². The van der Waals surface area contributed by atoms with E-state index < -0.39 is 5.54 Å². The standard InChI is InChI=1S/C22H36N4O2/c1-5-28-19-15-22(23,21(19,2)3)20(27)26(4)13-9-12-17-14-18(25-24-17)16-10-7-6-8-11-16/h6-8,10-11,17-19,24-25H,5,9,12-15,23H2,1-4H3. The van der Waals surface area contributed by atoms with Gasteiger partial charge >= 0.3 is 0 Å². The Labute approximate surface area is 169 Å². The number of nitrogens with zero attached hydrogens (tertiary/aromatic N) is 1. The number of hydrazine groups is 1. The smallest absolute Gasteiger partial charge is 0.243 e. The Kier molecular flexibility index (Phi) is 6.44. The van der Waals surface area contributed by atoms with Crippen molar-refractivity contribution in [3.8, 4) is 0 Å². The van der Waals surface area contributed by atoms with Gasteiger partial charge in [0.2, 0.25) is 5.91 Å². The molecular formula is C22H36N4O2. The van der Waals surface area contributed by atoms with Gasteiger partial charge in [-0.2, -0.15) is 0 Å². The molecule has 3 rings (SSSR count). The Bertz CT molecular complexity index is 666. The highest BCUT2D eigenvalue weighted by molar-refractivity contribution is 5.88. The third-order valence-electron chi connectivity index (χ3n) is 6.79. The van der Waals surface area contributed by atoms with Gasteiger partial charge in [-0.1, -0.05) is 44.2 Å². The zero-order chi connectivity index (χ0) is 20.4. The number of hydrogen-bond acceptors (Lipinski definition) is 5. The molecule has 1 saturated carbocycles. The first-order valence-electron chi connectivity index (χ1n) is 10.5. The molecule has 0 aromatic heterocycles. The first kappa shape index (κ1) is 21.2. The number of carbonyl (C=O) groups excluding carboxylic acids is 1. The number of likely N-dealkylation sites (N-methyl/N-ethyl adjacent to an activating group) is 1. The highest BCUT2D eigenvalue weighted by Crippen LogP contribution is 2.50. The second-order valence-electron chi connectivity index (χ2n) is 8.89. The van der Waals surface area contributed by atoms with E-state index in [0.29, 0.717) is 25.1 Å². The van der Waals surface area contributed by atoms with E-state index in [-0.39, 0.29) is 17.4 Å². The summed E-state index contributed by atoms with van der Waals surface area (Å²) in [6, 6.07) is 11.3. The van der Waals surface area contributed by atoms with Gasteiger partial charge in [-0.15, -0.1) is 0 Å². The molecule has 1 amide bonds. The van der Waals surface area contributed by atoms with Crippen molar-refractivity contribution in [2.75, 3.05) is 20.2 Å². The summed E-state index contributed by atoms with van der Waals surface area (Å²) in [4.78, 5) is 14.8. The summed E-state index contributed by atoms with van der Waals surface area (Å²) in [5.41, 5.74) is 13.5. The van der Waals surface area contributed by atoms with Gasteiger partial charge < -0.3 is 15.4 Å². The number of rotatable bonds is 8. The average molecular weight is 389 g/mol. The first-order valence-corrected chi connectivity index (χ1v) is 10.5. The van der Waals surface area contributed by atoms with E-state index in [2.05, 4.69) is 35.1 Å². The average Bonchev–Trinajstić information content (AvgIpc) is 3.16. The van der Waals surface area contributed by atoms with Crippen molar-refractivity contribution in [1.29, 1.82) is 0 Å². The molecule has 1 aromatic carbocycles. The highest BCUT2D eigenvalue weighted by Gasteiger charge is 2.63. The monoisotopic (exact) mass is 388 g/mol. The molecule has 1 saturated heterocycles. The normalized spacial score (nSPS) is 31.4. The molecule has 2 fully saturated rings. The molecule has 0 spiro atoms.